The number of anilines is 1. The van der Waals surface area contributed by atoms with Gasteiger partial charge in [-0.3, -0.25) is 0 Å². The Bertz CT molecular complexity index is 358. The Hall–Kier alpha value is -1.10. The standard InChI is InChI=1S/C13H24N4O/c1-4-14-11(10-7-8-10)9-12-15-13(16-18-12)17(5-2)6-3/h10-11,14H,4-9H2,1-3H3. The molecule has 1 aromatic heterocycles. The van der Waals surface area contributed by atoms with Crippen molar-refractivity contribution in [3.63, 3.8) is 0 Å². The first-order valence-electron chi connectivity index (χ1n) is 7.09. The van der Waals surface area contributed by atoms with E-state index in [-0.39, 0.29) is 0 Å². The predicted molar refractivity (Wildman–Crippen MR) is 71.8 cm³/mol. The van der Waals surface area contributed by atoms with Gasteiger partial charge in [-0.25, -0.2) is 0 Å². The summed E-state index contributed by atoms with van der Waals surface area (Å²) in [5.41, 5.74) is 0. The van der Waals surface area contributed by atoms with Gasteiger partial charge in [-0.05, 0) is 44.3 Å². The molecule has 1 N–H and O–H groups in total. The van der Waals surface area contributed by atoms with Crippen LogP contribution in [0.5, 0.6) is 0 Å². The van der Waals surface area contributed by atoms with Gasteiger partial charge in [0.1, 0.15) is 0 Å². The summed E-state index contributed by atoms with van der Waals surface area (Å²) in [7, 11) is 0. The molecule has 1 aromatic rings. The molecule has 1 aliphatic carbocycles. The van der Waals surface area contributed by atoms with Crippen LogP contribution < -0.4 is 10.2 Å². The highest BCUT2D eigenvalue weighted by atomic mass is 16.5. The molecule has 0 radical (unpaired) electrons. The highest BCUT2D eigenvalue weighted by Gasteiger charge is 2.32. The van der Waals surface area contributed by atoms with Crippen LogP contribution in [0.25, 0.3) is 0 Å². The molecule has 0 saturated heterocycles. The van der Waals surface area contributed by atoms with Gasteiger partial charge in [0.15, 0.2) is 0 Å². The number of rotatable bonds is 8. The lowest BCUT2D eigenvalue weighted by Gasteiger charge is -2.15. The maximum Gasteiger partial charge on any atom is 0.266 e. The summed E-state index contributed by atoms with van der Waals surface area (Å²) in [6.07, 6.45) is 3.51. The van der Waals surface area contributed by atoms with Gasteiger partial charge in [-0.2, -0.15) is 4.98 Å². The van der Waals surface area contributed by atoms with E-state index in [4.69, 9.17) is 4.52 Å². The molecular weight excluding hydrogens is 228 g/mol. The first-order valence-corrected chi connectivity index (χ1v) is 7.09. The van der Waals surface area contributed by atoms with E-state index in [1.807, 2.05) is 0 Å². The average molecular weight is 252 g/mol. The Morgan fingerprint density at radius 1 is 1.33 bits per heavy atom. The van der Waals surface area contributed by atoms with Gasteiger partial charge in [0, 0.05) is 25.6 Å². The second-order valence-corrected chi connectivity index (χ2v) is 4.87. The minimum atomic E-state index is 0.500. The zero-order valence-corrected chi connectivity index (χ0v) is 11.6. The molecule has 1 atom stereocenters. The summed E-state index contributed by atoms with van der Waals surface area (Å²) in [6, 6.07) is 0.500. The van der Waals surface area contributed by atoms with Gasteiger partial charge >= 0.3 is 0 Å². The smallest absolute Gasteiger partial charge is 0.266 e. The number of likely N-dealkylation sites (N-methyl/N-ethyl adjacent to an activating group) is 1. The minimum Gasteiger partial charge on any atom is -0.339 e. The van der Waals surface area contributed by atoms with Crippen LogP contribution in [0.2, 0.25) is 0 Å². The third-order valence-corrected chi connectivity index (χ3v) is 3.56. The molecule has 1 unspecified atom stereocenters. The number of nitrogens with zero attached hydrogens (tertiary/aromatic N) is 3. The van der Waals surface area contributed by atoms with Crippen molar-refractivity contribution < 1.29 is 4.52 Å². The minimum absolute atomic E-state index is 0.500. The molecule has 1 aliphatic rings. The van der Waals surface area contributed by atoms with Crippen LogP contribution >= 0.6 is 0 Å². The van der Waals surface area contributed by atoms with Crippen molar-refractivity contribution in [3.8, 4) is 0 Å². The van der Waals surface area contributed by atoms with Crippen molar-refractivity contribution >= 4 is 5.95 Å². The molecule has 1 heterocycles. The fraction of sp³-hybridized carbons (Fsp3) is 0.846. The number of hydrogen-bond acceptors (Lipinski definition) is 5. The Balaban J connectivity index is 1.96. The monoisotopic (exact) mass is 252 g/mol. The van der Waals surface area contributed by atoms with Gasteiger partial charge in [-0.1, -0.05) is 6.92 Å². The molecule has 0 aliphatic heterocycles. The molecule has 1 fully saturated rings. The molecule has 1 saturated carbocycles. The maximum absolute atomic E-state index is 5.36. The second kappa shape index (κ2) is 6.18. The zero-order chi connectivity index (χ0) is 13.0. The lowest BCUT2D eigenvalue weighted by Crippen LogP contribution is -2.33. The van der Waals surface area contributed by atoms with Crippen LogP contribution in [0.3, 0.4) is 0 Å². The van der Waals surface area contributed by atoms with Crippen molar-refractivity contribution in [2.45, 2.75) is 46.1 Å². The second-order valence-electron chi connectivity index (χ2n) is 4.87. The normalized spacial score (nSPS) is 16.8. The summed E-state index contributed by atoms with van der Waals surface area (Å²) in [5.74, 6) is 2.28. The molecule has 5 nitrogen and oxygen atoms in total. The molecule has 0 amide bonds. The lowest BCUT2D eigenvalue weighted by molar-refractivity contribution is 0.347. The Kier molecular flexibility index (Phi) is 4.58. The summed E-state index contributed by atoms with van der Waals surface area (Å²) < 4.78 is 5.36. The Morgan fingerprint density at radius 3 is 2.61 bits per heavy atom. The van der Waals surface area contributed by atoms with Crippen LogP contribution in [0, 0.1) is 5.92 Å². The summed E-state index contributed by atoms with van der Waals surface area (Å²) in [4.78, 5) is 6.60. The number of aromatic nitrogens is 2. The first kappa shape index (κ1) is 13.3. The third kappa shape index (κ3) is 3.22. The molecule has 0 spiro atoms. The summed E-state index contributed by atoms with van der Waals surface area (Å²) in [6.45, 7) is 9.17. The molecule has 18 heavy (non-hydrogen) atoms. The first-order chi connectivity index (χ1) is 8.78. The van der Waals surface area contributed by atoms with Gasteiger partial charge in [-0.15, -0.1) is 0 Å². The Labute approximate surface area is 109 Å². The number of nitrogens with one attached hydrogen (secondary N) is 1. The SMILES string of the molecule is CCNC(Cc1nc(N(CC)CC)no1)C1CC1. The highest BCUT2D eigenvalue weighted by molar-refractivity contribution is 5.26. The van der Waals surface area contributed by atoms with E-state index >= 15 is 0 Å². The fourth-order valence-corrected chi connectivity index (χ4v) is 2.32. The van der Waals surface area contributed by atoms with Crippen molar-refractivity contribution in [2.75, 3.05) is 24.5 Å². The fourth-order valence-electron chi connectivity index (χ4n) is 2.32. The molecule has 102 valence electrons. The van der Waals surface area contributed by atoms with E-state index in [2.05, 4.69) is 41.1 Å². The predicted octanol–water partition coefficient (Wildman–Crippen LogP) is 1.85. The average Bonchev–Trinajstić information content (AvgIpc) is 3.12. The van der Waals surface area contributed by atoms with Crippen LogP contribution in [0.1, 0.15) is 39.5 Å². The van der Waals surface area contributed by atoms with Crippen LogP contribution in [-0.4, -0.2) is 35.8 Å². The zero-order valence-electron chi connectivity index (χ0n) is 11.6. The van der Waals surface area contributed by atoms with Gasteiger partial charge in [0.05, 0.1) is 0 Å². The molecule has 2 rings (SSSR count). The third-order valence-electron chi connectivity index (χ3n) is 3.56. The van der Waals surface area contributed by atoms with Gasteiger partial charge in [0.25, 0.3) is 5.95 Å². The van der Waals surface area contributed by atoms with Gasteiger partial charge < -0.3 is 14.7 Å². The highest BCUT2D eigenvalue weighted by Crippen LogP contribution is 2.34. The van der Waals surface area contributed by atoms with E-state index in [9.17, 15) is 0 Å². The lowest BCUT2D eigenvalue weighted by atomic mass is 10.1. The van der Waals surface area contributed by atoms with E-state index in [1.165, 1.54) is 12.8 Å². The van der Waals surface area contributed by atoms with Crippen LogP contribution in [-0.2, 0) is 6.42 Å². The van der Waals surface area contributed by atoms with Crippen LogP contribution in [0.15, 0.2) is 4.52 Å². The topological polar surface area (TPSA) is 54.2 Å². The van der Waals surface area contributed by atoms with Crippen molar-refractivity contribution in [2.24, 2.45) is 5.92 Å². The van der Waals surface area contributed by atoms with E-state index in [1.54, 1.807) is 0 Å². The summed E-state index contributed by atoms with van der Waals surface area (Å²) >= 11 is 0. The van der Waals surface area contributed by atoms with E-state index in [0.29, 0.717) is 6.04 Å². The van der Waals surface area contributed by atoms with E-state index < -0.39 is 0 Å². The van der Waals surface area contributed by atoms with Gasteiger partial charge in [0.2, 0.25) is 5.89 Å². The van der Waals surface area contributed by atoms with E-state index in [0.717, 1.165) is 43.8 Å². The maximum atomic E-state index is 5.36. The molecule has 0 bridgehead atoms. The largest absolute Gasteiger partial charge is 0.339 e. The molecular formula is C13H24N4O. The molecule has 5 heteroatoms. The quantitative estimate of drug-likeness (QED) is 0.765. The van der Waals surface area contributed by atoms with Crippen LogP contribution in [0.4, 0.5) is 5.95 Å². The molecule has 0 aromatic carbocycles. The van der Waals surface area contributed by atoms with Crippen molar-refractivity contribution in [1.29, 1.82) is 0 Å². The Morgan fingerprint density at radius 2 is 2.06 bits per heavy atom. The van der Waals surface area contributed by atoms with Crippen molar-refractivity contribution in [1.82, 2.24) is 15.5 Å². The summed E-state index contributed by atoms with van der Waals surface area (Å²) in [5, 5.41) is 7.58. The number of hydrogen-bond donors (Lipinski definition) is 1. The van der Waals surface area contributed by atoms with Crippen molar-refractivity contribution in [3.05, 3.63) is 5.89 Å².